The molecule has 2 heteroatoms. The van der Waals surface area contributed by atoms with Crippen LogP contribution in [-0.4, -0.2) is 10.9 Å². The second-order valence-electron chi connectivity index (χ2n) is 3.08. The average molecular weight is 194 g/mol. The minimum atomic E-state index is 0.332. The maximum Gasteiger partial charge on any atom is 0.116 e. The Balaban J connectivity index is 3.13. The Morgan fingerprint density at radius 2 is 1.85 bits per heavy atom. The van der Waals surface area contributed by atoms with Crippen molar-refractivity contribution in [3.05, 3.63) is 34.9 Å². The van der Waals surface area contributed by atoms with Gasteiger partial charge in [-0.05, 0) is 42.7 Å². The molecule has 0 bridgehead atoms. The Kier molecular flexibility index (Phi) is 3.43. The average Bonchev–Trinajstić information content (AvgIpc) is 2.02. The predicted octanol–water partition coefficient (Wildman–Crippen LogP) is 2.95. The molecule has 70 valence electrons. The summed E-state index contributed by atoms with van der Waals surface area (Å²) in [6.07, 6.45) is 4.03. The van der Waals surface area contributed by atoms with Gasteiger partial charge in [-0.1, -0.05) is 12.2 Å². The molecule has 0 aliphatic rings. The van der Waals surface area contributed by atoms with Gasteiger partial charge in [-0.2, -0.15) is 12.6 Å². The monoisotopic (exact) mass is 194 g/mol. The highest BCUT2D eigenvalue weighted by molar-refractivity contribution is 7.80. The number of rotatable bonds is 2. The molecule has 0 unspecified atom stereocenters. The van der Waals surface area contributed by atoms with E-state index in [9.17, 15) is 5.11 Å². The predicted molar refractivity (Wildman–Crippen MR) is 60.5 cm³/mol. The lowest BCUT2D eigenvalue weighted by Crippen LogP contribution is -1.86. The summed E-state index contributed by atoms with van der Waals surface area (Å²) in [5, 5.41) is 9.30. The van der Waals surface area contributed by atoms with Crippen LogP contribution in [0, 0.1) is 13.8 Å². The highest BCUT2D eigenvalue weighted by Gasteiger charge is 2.00. The van der Waals surface area contributed by atoms with Crippen LogP contribution in [-0.2, 0) is 0 Å². The third-order valence-electron chi connectivity index (χ3n) is 1.97. The second kappa shape index (κ2) is 4.38. The van der Waals surface area contributed by atoms with E-state index in [1.165, 1.54) is 5.56 Å². The van der Waals surface area contributed by atoms with Crippen molar-refractivity contribution in [3.63, 3.8) is 0 Å². The van der Waals surface area contributed by atoms with Crippen molar-refractivity contribution in [1.29, 1.82) is 0 Å². The molecule has 0 radical (unpaired) electrons. The van der Waals surface area contributed by atoms with Gasteiger partial charge in [0, 0.05) is 5.75 Å². The first kappa shape index (κ1) is 10.2. The van der Waals surface area contributed by atoms with Crippen molar-refractivity contribution >= 4 is 18.7 Å². The molecule has 1 nitrogen and oxygen atoms in total. The molecule has 1 N–H and O–H groups in total. The standard InChI is InChI=1S/C11H14OS/c1-8-6-10(12)7-9(2)11(8)4-3-5-13/h3-4,6-7,12-13H,5H2,1-2H3. The van der Waals surface area contributed by atoms with Gasteiger partial charge < -0.3 is 5.11 Å². The van der Waals surface area contributed by atoms with Crippen molar-refractivity contribution in [1.82, 2.24) is 0 Å². The molecule has 0 saturated carbocycles. The summed E-state index contributed by atoms with van der Waals surface area (Å²) in [5.41, 5.74) is 3.36. The number of thiol groups is 1. The highest BCUT2D eigenvalue weighted by Crippen LogP contribution is 2.21. The Labute approximate surface area is 84.5 Å². The smallest absolute Gasteiger partial charge is 0.116 e. The van der Waals surface area contributed by atoms with Gasteiger partial charge in [-0.25, -0.2) is 0 Å². The first-order chi connectivity index (χ1) is 6.15. The fraction of sp³-hybridized carbons (Fsp3) is 0.273. The van der Waals surface area contributed by atoms with Crippen molar-refractivity contribution in [3.8, 4) is 5.75 Å². The molecule has 0 heterocycles. The summed E-state index contributed by atoms with van der Waals surface area (Å²) in [6, 6.07) is 3.54. The lowest BCUT2D eigenvalue weighted by molar-refractivity contribution is 0.474. The fourth-order valence-corrected chi connectivity index (χ4v) is 1.49. The van der Waals surface area contributed by atoms with Gasteiger partial charge in [0.2, 0.25) is 0 Å². The van der Waals surface area contributed by atoms with E-state index in [2.05, 4.69) is 12.6 Å². The number of benzene rings is 1. The van der Waals surface area contributed by atoms with E-state index in [0.717, 1.165) is 16.9 Å². The van der Waals surface area contributed by atoms with E-state index < -0.39 is 0 Å². The Morgan fingerprint density at radius 3 is 2.31 bits per heavy atom. The zero-order chi connectivity index (χ0) is 9.84. The topological polar surface area (TPSA) is 20.2 Å². The van der Waals surface area contributed by atoms with Gasteiger partial charge in [0.05, 0.1) is 0 Å². The number of phenols is 1. The Morgan fingerprint density at radius 1 is 1.31 bits per heavy atom. The maximum absolute atomic E-state index is 9.30. The van der Waals surface area contributed by atoms with Crippen molar-refractivity contribution in [2.45, 2.75) is 13.8 Å². The van der Waals surface area contributed by atoms with E-state index in [4.69, 9.17) is 0 Å². The van der Waals surface area contributed by atoms with E-state index in [1.54, 1.807) is 12.1 Å². The van der Waals surface area contributed by atoms with Crippen molar-refractivity contribution in [2.75, 3.05) is 5.75 Å². The van der Waals surface area contributed by atoms with Crippen molar-refractivity contribution in [2.24, 2.45) is 0 Å². The lowest BCUT2D eigenvalue weighted by Gasteiger charge is -2.05. The summed E-state index contributed by atoms with van der Waals surface area (Å²) in [4.78, 5) is 0. The molecule has 0 spiro atoms. The quantitative estimate of drug-likeness (QED) is 0.694. The number of aromatic hydroxyl groups is 1. The second-order valence-corrected chi connectivity index (χ2v) is 3.44. The SMILES string of the molecule is Cc1cc(O)cc(C)c1C=CCS. The molecule has 1 aromatic rings. The van der Waals surface area contributed by atoms with E-state index in [1.807, 2.05) is 26.0 Å². The van der Waals surface area contributed by atoms with Gasteiger partial charge in [0.25, 0.3) is 0 Å². The van der Waals surface area contributed by atoms with Crippen LogP contribution in [0.3, 0.4) is 0 Å². The van der Waals surface area contributed by atoms with E-state index in [-0.39, 0.29) is 0 Å². The largest absolute Gasteiger partial charge is 0.508 e. The molecule has 1 aromatic carbocycles. The van der Waals surface area contributed by atoms with Gasteiger partial charge in [0.1, 0.15) is 5.75 Å². The molecule has 0 atom stereocenters. The van der Waals surface area contributed by atoms with E-state index >= 15 is 0 Å². The van der Waals surface area contributed by atoms with Gasteiger partial charge in [0.15, 0.2) is 0 Å². The molecule has 13 heavy (non-hydrogen) atoms. The molecular formula is C11H14OS. The van der Waals surface area contributed by atoms with Gasteiger partial charge in [-0.3, -0.25) is 0 Å². The van der Waals surface area contributed by atoms with Crippen LogP contribution in [0.25, 0.3) is 6.08 Å². The minimum absolute atomic E-state index is 0.332. The molecule has 0 fully saturated rings. The van der Waals surface area contributed by atoms with Crippen LogP contribution < -0.4 is 0 Å². The van der Waals surface area contributed by atoms with Crippen LogP contribution in [0.4, 0.5) is 0 Å². The first-order valence-electron chi connectivity index (χ1n) is 4.22. The third kappa shape index (κ3) is 2.52. The lowest BCUT2D eigenvalue weighted by atomic mass is 10.0. The van der Waals surface area contributed by atoms with Crippen molar-refractivity contribution < 1.29 is 5.11 Å². The van der Waals surface area contributed by atoms with Gasteiger partial charge in [-0.15, -0.1) is 0 Å². The van der Waals surface area contributed by atoms with Crippen LogP contribution in [0.1, 0.15) is 16.7 Å². The molecule has 0 aromatic heterocycles. The maximum atomic E-state index is 9.30. The zero-order valence-corrected chi connectivity index (χ0v) is 8.81. The summed E-state index contributed by atoms with van der Waals surface area (Å²) in [6.45, 7) is 3.98. The minimum Gasteiger partial charge on any atom is -0.508 e. The van der Waals surface area contributed by atoms with Gasteiger partial charge >= 0.3 is 0 Å². The van der Waals surface area contributed by atoms with E-state index in [0.29, 0.717) is 5.75 Å². The summed E-state index contributed by atoms with van der Waals surface area (Å²) >= 11 is 4.10. The first-order valence-corrected chi connectivity index (χ1v) is 4.86. The van der Waals surface area contributed by atoms with Crippen LogP contribution >= 0.6 is 12.6 Å². The fourth-order valence-electron chi connectivity index (χ4n) is 1.39. The normalized spacial score (nSPS) is 11.0. The van der Waals surface area contributed by atoms with Crippen LogP contribution in [0.2, 0.25) is 0 Å². The number of hydrogen-bond acceptors (Lipinski definition) is 2. The van der Waals surface area contributed by atoms with Crippen LogP contribution in [0.5, 0.6) is 5.75 Å². The molecule has 0 saturated heterocycles. The Hall–Kier alpha value is -0.890. The number of hydrogen-bond donors (Lipinski definition) is 2. The molecule has 0 amide bonds. The Bertz CT molecular complexity index is 306. The molecule has 1 rings (SSSR count). The zero-order valence-electron chi connectivity index (χ0n) is 7.91. The number of phenolic OH excluding ortho intramolecular Hbond substituents is 1. The summed E-state index contributed by atoms with van der Waals surface area (Å²) in [7, 11) is 0. The van der Waals surface area contributed by atoms with Crippen LogP contribution in [0.15, 0.2) is 18.2 Å². The molecule has 0 aliphatic heterocycles. The summed E-state index contributed by atoms with van der Waals surface area (Å²) in [5.74, 6) is 1.07. The molecule has 0 aliphatic carbocycles. The summed E-state index contributed by atoms with van der Waals surface area (Å²) < 4.78 is 0. The third-order valence-corrected chi connectivity index (χ3v) is 2.18. The number of aryl methyl sites for hydroxylation is 2. The highest BCUT2D eigenvalue weighted by atomic mass is 32.1. The molecular weight excluding hydrogens is 180 g/mol.